The molecular formula is C25H30N2O4. The lowest BCUT2D eigenvalue weighted by atomic mass is 9.69. The molecule has 1 aromatic carbocycles. The number of carbonyl (C=O) groups is 2. The van der Waals surface area contributed by atoms with E-state index in [1.54, 1.807) is 24.4 Å². The number of rotatable bonds is 5. The van der Waals surface area contributed by atoms with Gasteiger partial charge in [0.15, 0.2) is 0 Å². The summed E-state index contributed by atoms with van der Waals surface area (Å²) in [6, 6.07) is 13.8. The van der Waals surface area contributed by atoms with Gasteiger partial charge < -0.3 is 14.4 Å². The molecule has 1 aromatic heterocycles. The van der Waals surface area contributed by atoms with Gasteiger partial charge in [-0.3, -0.25) is 0 Å². The van der Waals surface area contributed by atoms with Crippen molar-refractivity contribution >= 4 is 12.1 Å². The van der Waals surface area contributed by atoms with Crippen LogP contribution in [0.5, 0.6) is 0 Å². The van der Waals surface area contributed by atoms with Crippen molar-refractivity contribution in [3.63, 3.8) is 0 Å². The molecule has 0 spiro atoms. The molecule has 164 valence electrons. The van der Waals surface area contributed by atoms with Gasteiger partial charge in [0.05, 0.1) is 7.11 Å². The number of hydrogen-bond donors (Lipinski definition) is 0. The highest BCUT2D eigenvalue weighted by Gasteiger charge is 2.54. The van der Waals surface area contributed by atoms with Crippen LogP contribution in [0.1, 0.15) is 53.7 Å². The van der Waals surface area contributed by atoms with Crippen LogP contribution in [0.3, 0.4) is 0 Å². The number of amides is 1. The summed E-state index contributed by atoms with van der Waals surface area (Å²) >= 11 is 0. The summed E-state index contributed by atoms with van der Waals surface area (Å²) in [5.41, 5.74) is 2.15. The third kappa shape index (κ3) is 4.43. The van der Waals surface area contributed by atoms with Gasteiger partial charge in [-0.05, 0) is 63.1 Å². The molecule has 2 fully saturated rings. The molecule has 1 aliphatic heterocycles. The zero-order chi connectivity index (χ0) is 21.8. The van der Waals surface area contributed by atoms with Crippen LogP contribution in [0.15, 0.2) is 48.7 Å². The van der Waals surface area contributed by atoms with Crippen LogP contribution in [0.4, 0.5) is 4.79 Å². The Labute approximate surface area is 183 Å². The van der Waals surface area contributed by atoms with Crippen molar-refractivity contribution in [2.75, 3.05) is 13.7 Å². The number of hydrogen-bond acceptors (Lipinski definition) is 5. The maximum atomic E-state index is 13.1. The van der Waals surface area contributed by atoms with E-state index in [0.29, 0.717) is 12.2 Å². The Morgan fingerprint density at radius 2 is 2.06 bits per heavy atom. The van der Waals surface area contributed by atoms with Crippen molar-refractivity contribution in [1.82, 2.24) is 9.88 Å². The number of likely N-dealkylation sites (tertiary alicyclic amines) is 1. The fraction of sp³-hybridized carbons (Fsp3) is 0.480. The van der Waals surface area contributed by atoms with E-state index in [9.17, 15) is 9.59 Å². The van der Waals surface area contributed by atoms with Crippen LogP contribution < -0.4 is 0 Å². The molecule has 1 aliphatic carbocycles. The topological polar surface area (TPSA) is 68.7 Å². The van der Waals surface area contributed by atoms with E-state index < -0.39 is 5.60 Å². The highest BCUT2D eigenvalue weighted by Crippen LogP contribution is 2.47. The lowest BCUT2D eigenvalue weighted by molar-refractivity contribution is -0.0850. The third-order valence-electron chi connectivity index (χ3n) is 6.82. The second kappa shape index (κ2) is 9.08. The van der Waals surface area contributed by atoms with E-state index >= 15 is 0 Å². The van der Waals surface area contributed by atoms with E-state index in [4.69, 9.17) is 9.47 Å². The summed E-state index contributed by atoms with van der Waals surface area (Å²) in [4.78, 5) is 31.4. The molecule has 4 rings (SSSR count). The summed E-state index contributed by atoms with van der Waals surface area (Å²) < 4.78 is 11.3. The standard InChI is InChI=1S/C25H30N2O4/c1-18-7-5-8-19(17-18)11-14-25(31-23(28)21-9-3-4-15-26-21)13-6-10-22-20(25)12-16-27(22)24(29)30-2/h3-5,7-9,15,17,20,22H,6,10-14,16H2,1-2H3/t20-,22-,25-/m1/s1. The first kappa shape index (κ1) is 21.3. The molecule has 2 aliphatic rings. The maximum Gasteiger partial charge on any atom is 0.409 e. The summed E-state index contributed by atoms with van der Waals surface area (Å²) in [6.45, 7) is 2.72. The molecule has 1 amide bonds. The van der Waals surface area contributed by atoms with Crippen molar-refractivity contribution in [1.29, 1.82) is 0 Å². The van der Waals surface area contributed by atoms with Crippen LogP contribution in [0, 0.1) is 12.8 Å². The van der Waals surface area contributed by atoms with Crippen molar-refractivity contribution in [2.24, 2.45) is 5.92 Å². The Hall–Kier alpha value is -2.89. The number of nitrogens with zero attached hydrogens (tertiary/aromatic N) is 2. The van der Waals surface area contributed by atoms with Gasteiger partial charge in [-0.1, -0.05) is 35.9 Å². The highest BCUT2D eigenvalue weighted by atomic mass is 16.6. The molecule has 0 unspecified atom stereocenters. The molecule has 6 nitrogen and oxygen atoms in total. The lowest BCUT2D eigenvalue weighted by Crippen LogP contribution is -2.52. The number of ether oxygens (including phenoxy) is 2. The van der Waals surface area contributed by atoms with Gasteiger partial charge in [0.1, 0.15) is 11.3 Å². The minimum Gasteiger partial charge on any atom is -0.454 e. The van der Waals surface area contributed by atoms with Crippen LogP contribution >= 0.6 is 0 Å². The van der Waals surface area contributed by atoms with Crippen LogP contribution in [0.25, 0.3) is 0 Å². The van der Waals surface area contributed by atoms with Crippen molar-refractivity contribution < 1.29 is 19.1 Å². The first-order valence-electron chi connectivity index (χ1n) is 11.1. The molecule has 1 saturated heterocycles. The summed E-state index contributed by atoms with van der Waals surface area (Å²) in [5, 5.41) is 0. The Morgan fingerprint density at radius 3 is 2.81 bits per heavy atom. The predicted molar refractivity (Wildman–Crippen MR) is 117 cm³/mol. The van der Waals surface area contributed by atoms with Gasteiger partial charge in [0, 0.05) is 24.7 Å². The molecule has 6 heteroatoms. The minimum absolute atomic E-state index is 0.0373. The normalized spacial score (nSPS) is 25.0. The minimum atomic E-state index is -0.621. The van der Waals surface area contributed by atoms with Crippen LogP contribution in [-0.4, -0.2) is 47.2 Å². The van der Waals surface area contributed by atoms with Crippen molar-refractivity contribution in [2.45, 2.75) is 57.1 Å². The maximum absolute atomic E-state index is 13.1. The second-order valence-corrected chi connectivity index (χ2v) is 8.68. The van der Waals surface area contributed by atoms with Gasteiger partial charge in [-0.2, -0.15) is 0 Å². The molecule has 2 heterocycles. The average molecular weight is 423 g/mol. The summed E-state index contributed by atoms with van der Waals surface area (Å²) in [5.74, 6) is -0.292. The Balaban J connectivity index is 1.62. The average Bonchev–Trinajstić information content (AvgIpc) is 3.23. The first-order chi connectivity index (χ1) is 15.0. The monoisotopic (exact) mass is 422 g/mol. The molecule has 31 heavy (non-hydrogen) atoms. The molecular weight excluding hydrogens is 392 g/mol. The number of aryl methyl sites for hydroxylation is 2. The fourth-order valence-corrected chi connectivity index (χ4v) is 5.40. The number of esters is 1. The number of carbonyl (C=O) groups excluding carboxylic acids is 2. The van der Waals surface area contributed by atoms with Gasteiger partial charge in [-0.15, -0.1) is 0 Å². The molecule has 1 saturated carbocycles. The molecule has 0 N–H and O–H groups in total. The van der Waals surface area contributed by atoms with E-state index in [1.807, 2.05) is 4.90 Å². The largest absolute Gasteiger partial charge is 0.454 e. The van der Waals surface area contributed by atoms with Crippen molar-refractivity contribution in [3.8, 4) is 0 Å². The van der Waals surface area contributed by atoms with E-state index in [2.05, 4.69) is 36.2 Å². The number of benzene rings is 1. The SMILES string of the molecule is COC(=O)N1CC[C@@H]2[C@H]1CCC[C@]2(CCc1cccc(C)c1)OC(=O)c1ccccn1. The number of pyridine rings is 1. The fourth-order valence-electron chi connectivity index (χ4n) is 5.40. The smallest absolute Gasteiger partial charge is 0.409 e. The van der Waals surface area contributed by atoms with Gasteiger partial charge in [0.2, 0.25) is 0 Å². The quantitative estimate of drug-likeness (QED) is 0.661. The number of aromatic nitrogens is 1. The zero-order valence-electron chi connectivity index (χ0n) is 18.3. The first-order valence-corrected chi connectivity index (χ1v) is 11.1. The molecule has 0 radical (unpaired) electrons. The lowest BCUT2D eigenvalue weighted by Gasteiger charge is -2.46. The third-order valence-corrected chi connectivity index (χ3v) is 6.82. The van der Waals surface area contributed by atoms with Gasteiger partial charge >= 0.3 is 12.1 Å². The van der Waals surface area contributed by atoms with Gasteiger partial charge in [-0.25, -0.2) is 14.6 Å². The van der Waals surface area contributed by atoms with E-state index in [0.717, 1.165) is 38.5 Å². The van der Waals surface area contributed by atoms with Gasteiger partial charge in [0.25, 0.3) is 0 Å². The molecule has 3 atom stereocenters. The number of methoxy groups -OCH3 is 1. The Bertz CT molecular complexity index is 932. The Morgan fingerprint density at radius 1 is 1.19 bits per heavy atom. The molecule has 2 aromatic rings. The van der Waals surface area contributed by atoms with Crippen molar-refractivity contribution in [3.05, 3.63) is 65.5 Å². The van der Waals surface area contributed by atoms with Crippen LogP contribution in [0.2, 0.25) is 0 Å². The second-order valence-electron chi connectivity index (χ2n) is 8.68. The molecule has 0 bridgehead atoms. The van der Waals surface area contributed by atoms with E-state index in [1.165, 1.54) is 18.2 Å². The van der Waals surface area contributed by atoms with Crippen LogP contribution in [-0.2, 0) is 15.9 Å². The zero-order valence-corrected chi connectivity index (χ0v) is 18.3. The summed E-state index contributed by atoms with van der Waals surface area (Å²) in [7, 11) is 1.42. The highest BCUT2D eigenvalue weighted by molar-refractivity contribution is 5.87. The number of fused-ring (bicyclic) bond motifs is 1. The summed E-state index contributed by atoms with van der Waals surface area (Å²) in [6.07, 6.45) is 6.28. The van der Waals surface area contributed by atoms with E-state index in [-0.39, 0.29) is 24.0 Å². The Kier molecular flexibility index (Phi) is 6.25. The predicted octanol–water partition coefficient (Wildman–Crippen LogP) is 4.56.